The van der Waals surface area contributed by atoms with Crippen molar-refractivity contribution in [1.82, 2.24) is 20.3 Å². The molecule has 6 nitrogen and oxygen atoms in total. The summed E-state index contributed by atoms with van der Waals surface area (Å²) in [5.41, 5.74) is 0. The van der Waals surface area contributed by atoms with E-state index in [9.17, 15) is 0 Å². The SMILES string of the molecule is S=c1[nH]nc(NCc2ncon2)s1. The molecule has 0 aliphatic heterocycles. The second kappa shape index (κ2) is 3.62. The van der Waals surface area contributed by atoms with Crippen molar-refractivity contribution in [3.8, 4) is 0 Å². The predicted molar refractivity (Wildman–Crippen MR) is 48.9 cm³/mol. The molecule has 0 atom stereocenters. The molecule has 68 valence electrons. The van der Waals surface area contributed by atoms with Crippen molar-refractivity contribution in [3.63, 3.8) is 0 Å². The highest BCUT2D eigenvalue weighted by atomic mass is 32.1. The van der Waals surface area contributed by atoms with E-state index < -0.39 is 0 Å². The minimum absolute atomic E-state index is 0.479. The van der Waals surface area contributed by atoms with E-state index in [4.69, 9.17) is 12.2 Å². The second-order valence-electron chi connectivity index (χ2n) is 2.12. The number of nitrogens with one attached hydrogen (secondary N) is 2. The number of hydrogen-bond donors (Lipinski definition) is 2. The fourth-order valence-corrected chi connectivity index (χ4v) is 1.52. The van der Waals surface area contributed by atoms with Crippen molar-refractivity contribution in [2.45, 2.75) is 6.54 Å². The van der Waals surface area contributed by atoms with Crippen LogP contribution in [-0.2, 0) is 6.54 Å². The second-order valence-corrected chi connectivity index (χ2v) is 3.79. The Hall–Kier alpha value is -1.28. The quantitative estimate of drug-likeness (QED) is 0.749. The van der Waals surface area contributed by atoms with E-state index in [1.54, 1.807) is 0 Å². The van der Waals surface area contributed by atoms with Crippen LogP contribution in [0.3, 0.4) is 0 Å². The van der Waals surface area contributed by atoms with Crippen molar-refractivity contribution >= 4 is 28.7 Å². The summed E-state index contributed by atoms with van der Waals surface area (Å²) in [6, 6.07) is 0. The number of hydrogen-bond acceptors (Lipinski definition) is 7. The zero-order chi connectivity index (χ0) is 9.10. The van der Waals surface area contributed by atoms with Gasteiger partial charge in [0, 0.05) is 0 Å². The van der Waals surface area contributed by atoms with Gasteiger partial charge in [0.15, 0.2) is 9.78 Å². The maximum absolute atomic E-state index is 4.86. The first-order valence-corrected chi connectivity index (χ1v) is 4.62. The maximum atomic E-state index is 4.86. The standard InChI is InChI=1S/C5H5N5OS2/c12-5-9-8-4(13-5)6-1-3-7-2-11-10-3/h2H,1H2,(H,6,8)(H,9,12). The molecule has 2 aromatic rings. The Kier molecular flexibility index (Phi) is 2.32. The van der Waals surface area contributed by atoms with Gasteiger partial charge in [-0.05, 0) is 12.2 Å². The first-order valence-electron chi connectivity index (χ1n) is 3.39. The lowest BCUT2D eigenvalue weighted by Crippen LogP contribution is -2.00. The van der Waals surface area contributed by atoms with Gasteiger partial charge in [0.1, 0.15) is 0 Å². The molecule has 0 aliphatic rings. The molecule has 0 saturated carbocycles. The van der Waals surface area contributed by atoms with E-state index in [2.05, 4.69) is 30.2 Å². The Balaban J connectivity index is 1.97. The fraction of sp³-hybridized carbons (Fsp3) is 0.200. The van der Waals surface area contributed by atoms with E-state index in [1.807, 2.05) is 0 Å². The Morgan fingerprint density at radius 3 is 3.23 bits per heavy atom. The Labute approximate surface area is 82.0 Å². The molecule has 0 fully saturated rings. The van der Waals surface area contributed by atoms with Crippen LogP contribution in [0.15, 0.2) is 10.9 Å². The highest BCUT2D eigenvalue weighted by Gasteiger charge is 1.99. The van der Waals surface area contributed by atoms with Crippen LogP contribution in [0.25, 0.3) is 0 Å². The average Bonchev–Trinajstić information content (AvgIpc) is 2.71. The van der Waals surface area contributed by atoms with Crippen LogP contribution < -0.4 is 5.32 Å². The van der Waals surface area contributed by atoms with Crippen LogP contribution in [0.2, 0.25) is 0 Å². The Bertz CT molecular complexity index is 418. The number of H-pyrrole nitrogens is 1. The maximum Gasteiger partial charge on any atom is 0.213 e. The lowest BCUT2D eigenvalue weighted by molar-refractivity contribution is 0.411. The summed E-state index contributed by atoms with van der Waals surface area (Å²) in [6.45, 7) is 0.479. The van der Waals surface area contributed by atoms with Crippen LogP contribution in [0, 0.1) is 3.95 Å². The number of aromatic nitrogens is 4. The normalized spacial score (nSPS) is 10.2. The molecule has 2 aromatic heterocycles. The molecule has 8 heteroatoms. The molecule has 2 heterocycles. The van der Waals surface area contributed by atoms with Gasteiger partial charge in [0.25, 0.3) is 0 Å². The first-order chi connectivity index (χ1) is 6.34. The summed E-state index contributed by atoms with van der Waals surface area (Å²) < 4.78 is 5.20. The van der Waals surface area contributed by atoms with Gasteiger partial charge in [-0.3, -0.25) is 5.10 Å². The molecule has 0 saturated heterocycles. The van der Waals surface area contributed by atoms with Gasteiger partial charge in [-0.1, -0.05) is 16.5 Å². The van der Waals surface area contributed by atoms with Gasteiger partial charge in [-0.25, -0.2) is 0 Å². The lowest BCUT2D eigenvalue weighted by Gasteiger charge is -1.94. The molecule has 0 aliphatic carbocycles. The van der Waals surface area contributed by atoms with Gasteiger partial charge in [-0.2, -0.15) is 4.98 Å². The number of anilines is 1. The highest BCUT2D eigenvalue weighted by Crippen LogP contribution is 2.10. The fourth-order valence-electron chi connectivity index (χ4n) is 0.730. The van der Waals surface area contributed by atoms with Crippen molar-refractivity contribution in [2.24, 2.45) is 0 Å². The molecule has 13 heavy (non-hydrogen) atoms. The van der Waals surface area contributed by atoms with Crippen LogP contribution in [0.5, 0.6) is 0 Å². The van der Waals surface area contributed by atoms with Crippen molar-refractivity contribution < 1.29 is 4.52 Å². The summed E-state index contributed by atoms with van der Waals surface area (Å²) in [7, 11) is 0. The van der Waals surface area contributed by atoms with E-state index >= 15 is 0 Å². The molecule has 0 bridgehead atoms. The molecule has 0 radical (unpaired) electrons. The topological polar surface area (TPSA) is 79.6 Å². The van der Waals surface area contributed by atoms with E-state index in [1.165, 1.54) is 17.7 Å². The Morgan fingerprint density at radius 2 is 2.62 bits per heavy atom. The van der Waals surface area contributed by atoms with Gasteiger partial charge >= 0.3 is 0 Å². The van der Waals surface area contributed by atoms with Gasteiger partial charge in [0.05, 0.1) is 6.54 Å². The molecule has 2 N–H and O–H groups in total. The van der Waals surface area contributed by atoms with Crippen LogP contribution in [-0.4, -0.2) is 20.3 Å². The van der Waals surface area contributed by atoms with Crippen LogP contribution in [0.1, 0.15) is 5.82 Å². The Morgan fingerprint density at radius 1 is 1.69 bits per heavy atom. The van der Waals surface area contributed by atoms with E-state index in [0.717, 1.165) is 5.13 Å². The predicted octanol–water partition coefficient (Wildman–Crippen LogP) is 1.20. The molecule has 0 aromatic carbocycles. The third-order valence-corrected chi connectivity index (χ3v) is 2.29. The van der Waals surface area contributed by atoms with Crippen molar-refractivity contribution in [1.29, 1.82) is 0 Å². The third kappa shape index (κ3) is 2.10. The van der Waals surface area contributed by atoms with Crippen LogP contribution >= 0.6 is 23.6 Å². The van der Waals surface area contributed by atoms with Crippen molar-refractivity contribution in [3.05, 3.63) is 16.2 Å². The van der Waals surface area contributed by atoms with Gasteiger partial charge < -0.3 is 9.84 Å². The minimum atomic E-state index is 0.479. The van der Waals surface area contributed by atoms with Gasteiger partial charge in [0.2, 0.25) is 11.5 Å². The smallest absolute Gasteiger partial charge is 0.213 e. The molecule has 0 amide bonds. The van der Waals surface area contributed by atoms with E-state index in [-0.39, 0.29) is 0 Å². The molecule has 0 spiro atoms. The molecule has 2 rings (SSSR count). The van der Waals surface area contributed by atoms with Crippen molar-refractivity contribution in [2.75, 3.05) is 5.32 Å². The zero-order valence-electron chi connectivity index (χ0n) is 6.35. The van der Waals surface area contributed by atoms with Crippen LogP contribution in [0.4, 0.5) is 5.13 Å². The summed E-state index contributed by atoms with van der Waals surface area (Å²) in [4.78, 5) is 3.84. The van der Waals surface area contributed by atoms with Gasteiger partial charge in [-0.15, -0.1) is 5.10 Å². The average molecular weight is 215 g/mol. The summed E-state index contributed by atoms with van der Waals surface area (Å²) in [5.74, 6) is 0.584. The third-order valence-electron chi connectivity index (χ3n) is 1.24. The highest BCUT2D eigenvalue weighted by molar-refractivity contribution is 7.73. The minimum Gasteiger partial charge on any atom is -0.353 e. The monoisotopic (exact) mass is 215 g/mol. The summed E-state index contributed by atoms with van der Waals surface area (Å²) in [6.07, 6.45) is 1.28. The molecular weight excluding hydrogens is 210 g/mol. The number of nitrogens with zero attached hydrogens (tertiary/aromatic N) is 3. The number of aromatic amines is 1. The lowest BCUT2D eigenvalue weighted by atomic mass is 10.6. The largest absolute Gasteiger partial charge is 0.353 e. The van der Waals surface area contributed by atoms with E-state index in [0.29, 0.717) is 16.3 Å². The molecule has 0 unspecified atom stereocenters. The molecular formula is C5H5N5OS2. The summed E-state index contributed by atoms with van der Waals surface area (Å²) in [5, 5.41) is 13.9. The summed E-state index contributed by atoms with van der Waals surface area (Å²) >= 11 is 6.22. The number of rotatable bonds is 3. The zero-order valence-corrected chi connectivity index (χ0v) is 7.98. The first kappa shape index (κ1) is 8.32.